The summed E-state index contributed by atoms with van der Waals surface area (Å²) in [7, 11) is 0. The van der Waals surface area contributed by atoms with Gasteiger partial charge in [0.15, 0.2) is 5.78 Å². The molecule has 2 heterocycles. The van der Waals surface area contributed by atoms with Gasteiger partial charge in [0.05, 0.1) is 0 Å². The highest BCUT2D eigenvalue weighted by Gasteiger charge is 2.37. The lowest BCUT2D eigenvalue weighted by Crippen LogP contribution is -2.19. The summed E-state index contributed by atoms with van der Waals surface area (Å²) in [5.74, 6) is 0.348. The van der Waals surface area contributed by atoms with Gasteiger partial charge in [-0.15, -0.1) is 11.8 Å². The molecule has 2 aliphatic rings. The summed E-state index contributed by atoms with van der Waals surface area (Å²) in [6, 6.07) is 15.1. The normalized spacial score (nSPS) is 24.0. The third-order valence-corrected chi connectivity index (χ3v) is 6.49. The van der Waals surface area contributed by atoms with E-state index in [4.69, 9.17) is 0 Å². The average molecular weight is 308 g/mol. The van der Waals surface area contributed by atoms with E-state index in [9.17, 15) is 4.79 Å². The van der Waals surface area contributed by atoms with Crippen LogP contribution in [0, 0.1) is 0 Å². The molecule has 2 aromatic rings. The zero-order valence-corrected chi connectivity index (χ0v) is 13.7. The van der Waals surface area contributed by atoms with E-state index in [0.717, 1.165) is 12.0 Å². The first-order valence-electron chi connectivity index (χ1n) is 8.17. The average Bonchev–Trinajstić information content (AvgIpc) is 2.95. The Labute approximate surface area is 135 Å². The molecule has 0 saturated carbocycles. The van der Waals surface area contributed by atoms with Crippen molar-refractivity contribution in [2.45, 2.75) is 43.1 Å². The summed E-state index contributed by atoms with van der Waals surface area (Å²) < 4.78 is 0. The maximum Gasteiger partial charge on any atom is 0.160 e. The predicted molar refractivity (Wildman–Crippen MR) is 95.2 cm³/mol. The molecule has 0 N–H and O–H groups in total. The lowest BCUT2D eigenvalue weighted by atomic mass is 9.90. The van der Waals surface area contributed by atoms with Gasteiger partial charge < -0.3 is 0 Å². The van der Waals surface area contributed by atoms with Crippen LogP contribution in [0.3, 0.4) is 0 Å². The molecule has 2 heteroatoms. The van der Waals surface area contributed by atoms with Crippen molar-refractivity contribution in [2.75, 3.05) is 0 Å². The molecule has 0 radical (unpaired) electrons. The van der Waals surface area contributed by atoms with Gasteiger partial charge in [-0.2, -0.15) is 0 Å². The van der Waals surface area contributed by atoms with E-state index in [1.807, 2.05) is 18.7 Å². The number of rotatable bonds is 3. The summed E-state index contributed by atoms with van der Waals surface area (Å²) in [6.07, 6.45) is 4.11. The van der Waals surface area contributed by atoms with Gasteiger partial charge in [-0.05, 0) is 47.2 Å². The minimum atomic E-state index is 0.348. The topological polar surface area (TPSA) is 17.1 Å². The molecular formula is C20H20OS. The molecule has 2 aromatic carbocycles. The minimum Gasteiger partial charge on any atom is -0.295 e. The number of allylic oxidation sites excluding steroid dienone is 1. The second kappa shape index (κ2) is 5.58. The maximum absolute atomic E-state index is 12.5. The summed E-state index contributed by atoms with van der Waals surface area (Å²) in [5.41, 5.74) is 3.70. The van der Waals surface area contributed by atoms with E-state index in [2.05, 4.69) is 42.5 Å². The van der Waals surface area contributed by atoms with Crippen LogP contribution in [-0.2, 0) is 4.79 Å². The number of thioether (sulfide) groups is 1. The first kappa shape index (κ1) is 14.1. The van der Waals surface area contributed by atoms with Gasteiger partial charge in [0.25, 0.3) is 0 Å². The first-order valence-corrected chi connectivity index (χ1v) is 9.11. The number of hydrogen-bond donors (Lipinski definition) is 0. The van der Waals surface area contributed by atoms with Gasteiger partial charge in [-0.25, -0.2) is 0 Å². The highest BCUT2D eigenvalue weighted by molar-refractivity contribution is 8.01. The molecule has 112 valence electrons. The van der Waals surface area contributed by atoms with Gasteiger partial charge in [0.2, 0.25) is 0 Å². The predicted octanol–water partition coefficient (Wildman–Crippen LogP) is 5.24. The fourth-order valence-corrected chi connectivity index (χ4v) is 5.47. The summed E-state index contributed by atoms with van der Waals surface area (Å²) in [5, 5.41) is 3.68. The van der Waals surface area contributed by atoms with Crippen LogP contribution in [-0.4, -0.2) is 16.3 Å². The highest BCUT2D eigenvalue weighted by atomic mass is 32.2. The largest absolute Gasteiger partial charge is 0.295 e. The van der Waals surface area contributed by atoms with E-state index in [1.165, 1.54) is 34.8 Å². The highest BCUT2D eigenvalue weighted by Crippen LogP contribution is 2.49. The second-order valence-electron chi connectivity index (χ2n) is 6.26. The molecule has 0 aliphatic carbocycles. The number of ketones is 1. The molecular weight excluding hydrogens is 288 g/mol. The van der Waals surface area contributed by atoms with Crippen molar-refractivity contribution in [1.29, 1.82) is 0 Å². The fourth-order valence-electron chi connectivity index (χ4n) is 3.79. The van der Waals surface area contributed by atoms with Crippen LogP contribution < -0.4 is 0 Å². The summed E-state index contributed by atoms with van der Waals surface area (Å²) in [4.78, 5) is 12.5. The van der Waals surface area contributed by atoms with Crippen LogP contribution in [0.2, 0.25) is 0 Å². The van der Waals surface area contributed by atoms with Crippen LogP contribution in [0.1, 0.15) is 38.2 Å². The van der Waals surface area contributed by atoms with Crippen molar-refractivity contribution in [3.8, 4) is 0 Å². The molecule has 0 spiro atoms. The zero-order chi connectivity index (χ0) is 15.1. The van der Waals surface area contributed by atoms with E-state index in [-0.39, 0.29) is 0 Å². The van der Waals surface area contributed by atoms with Crippen molar-refractivity contribution < 1.29 is 4.79 Å². The van der Waals surface area contributed by atoms with Crippen LogP contribution in [0.25, 0.3) is 16.3 Å². The van der Waals surface area contributed by atoms with Gasteiger partial charge in [0, 0.05) is 22.5 Å². The molecule has 2 aliphatic heterocycles. The van der Waals surface area contributed by atoms with Gasteiger partial charge in [-0.1, -0.05) is 43.3 Å². The second-order valence-corrected chi connectivity index (χ2v) is 7.77. The fraction of sp³-hybridized carbons (Fsp3) is 0.350. The minimum absolute atomic E-state index is 0.348. The molecule has 0 aromatic heterocycles. The number of carbonyl (C=O) groups is 1. The smallest absolute Gasteiger partial charge is 0.160 e. The van der Waals surface area contributed by atoms with Gasteiger partial charge in [0.1, 0.15) is 0 Å². The van der Waals surface area contributed by atoms with E-state index in [1.54, 1.807) is 0 Å². The van der Waals surface area contributed by atoms with Crippen LogP contribution in [0.4, 0.5) is 0 Å². The lowest BCUT2D eigenvalue weighted by molar-refractivity contribution is -0.115. The molecule has 4 rings (SSSR count). The molecule has 2 unspecified atom stereocenters. The SMILES string of the molecule is CCC(=O)C1=C(c2ccc3ccccc3c2)CC2CCC1S2. The number of Topliss-reactive ketones (excluding diaryl/α,β-unsaturated/α-hetero) is 1. The molecule has 2 atom stereocenters. The maximum atomic E-state index is 12.5. The molecule has 22 heavy (non-hydrogen) atoms. The first-order chi connectivity index (χ1) is 10.8. The Balaban J connectivity index is 1.87. The summed E-state index contributed by atoms with van der Waals surface area (Å²) in [6.45, 7) is 1.99. The van der Waals surface area contributed by atoms with E-state index < -0.39 is 0 Å². The van der Waals surface area contributed by atoms with Crippen molar-refractivity contribution in [3.05, 3.63) is 53.6 Å². The van der Waals surface area contributed by atoms with Crippen molar-refractivity contribution in [1.82, 2.24) is 0 Å². The molecule has 1 fully saturated rings. The Morgan fingerprint density at radius 1 is 1.14 bits per heavy atom. The molecule has 0 amide bonds. The van der Waals surface area contributed by atoms with Crippen molar-refractivity contribution in [3.63, 3.8) is 0 Å². The van der Waals surface area contributed by atoms with Crippen LogP contribution in [0.5, 0.6) is 0 Å². The molecule has 2 bridgehead atoms. The molecule has 1 nitrogen and oxygen atoms in total. The standard InChI is InChI=1S/C20H20OS/c1-2-18(21)20-17(12-16-9-10-19(20)22-16)15-8-7-13-5-3-4-6-14(13)11-15/h3-8,11,16,19H,2,9-10,12H2,1H3. The quantitative estimate of drug-likeness (QED) is 0.771. The van der Waals surface area contributed by atoms with Crippen molar-refractivity contribution in [2.24, 2.45) is 0 Å². The van der Waals surface area contributed by atoms with Crippen LogP contribution >= 0.6 is 11.8 Å². The third-order valence-electron chi connectivity index (χ3n) is 4.91. The Hall–Kier alpha value is -1.54. The van der Waals surface area contributed by atoms with Crippen LogP contribution in [0.15, 0.2) is 48.0 Å². The lowest BCUT2D eigenvalue weighted by Gasteiger charge is -2.26. The monoisotopic (exact) mass is 308 g/mol. The Bertz CT molecular complexity index is 774. The Morgan fingerprint density at radius 3 is 2.77 bits per heavy atom. The van der Waals surface area contributed by atoms with E-state index in [0.29, 0.717) is 22.7 Å². The van der Waals surface area contributed by atoms with Gasteiger partial charge >= 0.3 is 0 Å². The number of fused-ring (bicyclic) bond motifs is 3. The Kier molecular flexibility index (Phi) is 3.57. The van der Waals surface area contributed by atoms with E-state index >= 15 is 0 Å². The number of carbonyl (C=O) groups excluding carboxylic acids is 1. The number of benzene rings is 2. The zero-order valence-electron chi connectivity index (χ0n) is 12.8. The van der Waals surface area contributed by atoms with Crippen molar-refractivity contribution >= 4 is 33.9 Å². The third kappa shape index (κ3) is 2.30. The van der Waals surface area contributed by atoms with Gasteiger partial charge in [-0.3, -0.25) is 4.79 Å². The summed E-state index contributed by atoms with van der Waals surface area (Å²) >= 11 is 2.03. The Morgan fingerprint density at radius 2 is 1.95 bits per heavy atom. The molecule has 1 saturated heterocycles. The number of hydrogen-bond acceptors (Lipinski definition) is 2.